The number of anilines is 2. The Kier molecular flexibility index (Phi) is 2.36. The third-order valence-corrected chi connectivity index (χ3v) is 1.96. The summed E-state index contributed by atoms with van der Waals surface area (Å²) >= 11 is 0. The lowest BCUT2D eigenvalue weighted by molar-refractivity contribution is 1.08. The van der Waals surface area contributed by atoms with E-state index in [1.165, 1.54) is 0 Å². The van der Waals surface area contributed by atoms with E-state index in [-0.39, 0.29) is 11.9 Å². The van der Waals surface area contributed by atoms with Crippen LogP contribution in [0.15, 0.2) is 24.3 Å². The van der Waals surface area contributed by atoms with Gasteiger partial charge in [0.05, 0.1) is 11.6 Å². The Morgan fingerprint density at radius 1 is 1.00 bits per heavy atom. The molecule has 0 aliphatic rings. The second-order valence-corrected chi connectivity index (χ2v) is 3.03. The summed E-state index contributed by atoms with van der Waals surface area (Å²) in [6.45, 7) is 0. The summed E-state index contributed by atoms with van der Waals surface area (Å²) in [5.74, 6) is 0.382. The number of nitrogens with two attached hydrogens (primary N) is 2. The molecular weight excluding hydrogens is 204 g/mol. The summed E-state index contributed by atoms with van der Waals surface area (Å²) in [6.07, 6.45) is 0. The Hall–Kier alpha value is -2.68. The zero-order valence-corrected chi connectivity index (χ0v) is 8.25. The van der Waals surface area contributed by atoms with E-state index in [4.69, 9.17) is 16.7 Å². The fourth-order valence-electron chi connectivity index (χ4n) is 1.31. The minimum atomic E-state index is 0.0373. The van der Waals surface area contributed by atoms with Crippen molar-refractivity contribution in [1.29, 1.82) is 5.26 Å². The van der Waals surface area contributed by atoms with Gasteiger partial charge in [0.15, 0.2) is 5.82 Å². The van der Waals surface area contributed by atoms with Crippen LogP contribution in [-0.2, 0) is 0 Å². The van der Waals surface area contributed by atoms with E-state index < -0.39 is 0 Å². The van der Waals surface area contributed by atoms with Gasteiger partial charge in [-0.15, -0.1) is 0 Å². The zero-order valence-electron chi connectivity index (χ0n) is 8.25. The minimum Gasteiger partial charge on any atom is -0.368 e. The number of rotatable bonds is 1. The zero-order chi connectivity index (χ0) is 11.5. The number of benzene rings is 1. The molecule has 1 heterocycles. The van der Waals surface area contributed by atoms with E-state index in [2.05, 4.69) is 21.0 Å². The highest BCUT2D eigenvalue weighted by Crippen LogP contribution is 2.20. The van der Waals surface area contributed by atoms with Crippen LogP contribution in [0.25, 0.3) is 11.4 Å². The summed E-state index contributed by atoms with van der Waals surface area (Å²) in [6, 6.07) is 9.00. The Balaban J connectivity index is 2.63. The van der Waals surface area contributed by atoms with Crippen LogP contribution in [-0.4, -0.2) is 15.0 Å². The molecule has 0 aliphatic heterocycles. The van der Waals surface area contributed by atoms with Crippen LogP contribution in [0, 0.1) is 11.3 Å². The lowest BCUT2D eigenvalue weighted by Crippen LogP contribution is -2.04. The average molecular weight is 212 g/mol. The predicted molar refractivity (Wildman–Crippen MR) is 58.8 cm³/mol. The van der Waals surface area contributed by atoms with Gasteiger partial charge in [0.25, 0.3) is 0 Å². The average Bonchev–Trinajstić information content (AvgIpc) is 2.27. The van der Waals surface area contributed by atoms with Gasteiger partial charge in [0, 0.05) is 5.56 Å². The number of nitrogens with zero attached hydrogens (tertiary/aromatic N) is 4. The molecule has 0 bridgehead atoms. The molecule has 2 rings (SSSR count). The van der Waals surface area contributed by atoms with Crippen molar-refractivity contribution in [2.45, 2.75) is 0 Å². The summed E-state index contributed by atoms with van der Waals surface area (Å²) in [5, 5.41) is 8.93. The van der Waals surface area contributed by atoms with E-state index in [1.807, 2.05) is 0 Å². The summed E-state index contributed by atoms with van der Waals surface area (Å²) in [4.78, 5) is 11.5. The number of hydrogen-bond acceptors (Lipinski definition) is 6. The molecule has 16 heavy (non-hydrogen) atoms. The SMILES string of the molecule is N#Cc1ccccc1-c1nc(N)nc(N)n1. The van der Waals surface area contributed by atoms with Gasteiger partial charge < -0.3 is 11.5 Å². The van der Waals surface area contributed by atoms with E-state index in [0.29, 0.717) is 17.0 Å². The summed E-state index contributed by atoms with van der Waals surface area (Å²) in [7, 11) is 0. The van der Waals surface area contributed by atoms with Crippen LogP contribution in [0.2, 0.25) is 0 Å². The number of nitrogen functional groups attached to an aromatic ring is 2. The molecule has 78 valence electrons. The lowest BCUT2D eigenvalue weighted by Gasteiger charge is -2.03. The monoisotopic (exact) mass is 212 g/mol. The second kappa shape index (κ2) is 3.82. The molecule has 1 aromatic heterocycles. The van der Waals surface area contributed by atoms with Crippen LogP contribution in [0.4, 0.5) is 11.9 Å². The van der Waals surface area contributed by atoms with Gasteiger partial charge in [-0.2, -0.15) is 20.2 Å². The molecule has 4 N–H and O–H groups in total. The van der Waals surface area contributed by atoms with E-state index in [1.54, 1.807) is 24.3 Å². The first-order valence-electron chi connectivity index (χ1n) is 4.47. The van der Waals surface area contributed by atoms with Crippen LogP contribution < -0.4 is 11.5 Å². The molecule has 0 unspecified atom stereocenters. The van der Waals surface area contributed by atoms with Crippen LogP contribution >= 0.6 is 0 Å². The minimum absolute atomic E-state index is 0.0373. The van der Waals surface area contributed by atoms with Crippen molar-refractivity contribution in [1.82, 2.24) is 15.0 Å². The maximum atomic E-state index is 8.93. The van der Waals surface area contributed by atoms with Crippen molar-refractivity contribution in [2.24, 2.45) is 0 Å². The van der Waals surface area contributed by atoms with Crippen LogP contribution in [0.5, 0.6) is 0 Å². The fourth-order valence-corrected chi connectivity index (χ4v) is 1.31. The highest BCUT2D eigenvalue weighted by atomic mass is 15.1. The molecule has 0 aliphatic carbocycles. The van der Waals surface area contributed by atoms with Gasteiger partial charge in [-0.1, -0.05) is 12.1 Å². The Bertz CT molecular complexity index is 552. The van der Waals surface area contributed by atoms with Crippen molar-refractivity contribution in [2.75, 3.05) is 11.5 Å². The van der Waals surface area contributed by atoms with Crippen molar-refractivity contribution < 1.29 is 0 Å². The predicted octanol–water partition coefficient (Wildman–Crippen LogP) is 0.575. The van der Waals surface area contributed by atoms with Gasteiger partial charge in [0.2, 0.25) is 11.9 Å². The largest absolute Gasteiger partial charge is 0.368 e. The molecule has 0 spiro atoms. The lowest BCUT2D eigenvalue weighted by atomic mass is 10.1. The summed E-state index contributed by atoms with van der Waals surface area (Å²) in [5.41, 5.74) is 12.0. The smallest absolute Gasteiger partial charge is 0.225 e. The fraction of sp³-hybridized carbons (Fsp3) is 0. The Labute approximate surface area is 91.6 Å². The van der Waals surface area contributed by atoms with Gasteiger partial charge >= 0.3 is 0 Å². The second-order valence-electron chi connectivity index (χ2n) is 3.03. The molecule has 0 atom stereocenters. The van der Waals surface area contributed by atoms with Crippen molar-refractivity contribution in [3.05, 3.63) is 29.8 Å². The number of nitriles is 1. The highest BCUT2D eigenvalue weighted by molar-refractivity contribution is 5.65. The molecule has 0 amide bonds. The normalized spacial score (nSPS) is 9.69. The van der Waals surface area contributed by atoms with Crippen molar-refractivity contribution >= 4 is 11.9 Å². The van der Waals surface area contributed by atoms with E-state index in [9.17, 15) is 0 Å². The van der Waals surface area contributed by atoms with Crippen molar-refractivity contribution in [3.8, 4) is 17.5 Å². The maximum Gasteiger partial charge on any atom is 0.225 e. The van der Waals surface area contributed by atoms with Gasteiger partial charge in [0.1, 0.15) is 0 Å². The molecule has 0 radical (unpaired) electrons. The van der Waals surface area contributed by atoms with E-state index in [0.717, 1.165) is 0 Å². The Morgan fingerprint density at radius 2 is 1.62 bits per heavy atom. The third-order valence-electron chi connectivity index (χ3n) is 1.96. The first kappa shape index (κ1) is 9.86. The van der Waals surface area contributed by atoms with Crippen LogP contribution in [0.1, 0.15) is 5.56 Å². The summed E-state index contributed by atoms with van der Waals surface area (Å²) < 4.78 is 0. The molecule has 0 fully saturated rings. The molecule has 2 aromatic rings. The first-order chi connectivity index (χ1) is 7.70. The molecule has 0 saturated heterocycles. The van der Waals surface area contributed by atoms with E-state index >= 15 is 0 Å². The standard InChI is InChI=1S/C10H8N6/c11-5-6-3-1-2-4-7(6)8-14-9(12)16-10(13)15-8/h1-4H,(H4,12,13,14,15,16). The molecule has 6 heteroatoms. The Morgan fingerprint density at radius 3 is 2.25 bits per heavy atom. The number of hydrogen-bond donors (Lipinski definition) is 2. The highest BCUT2D eigenvalue weighted by Gasteiger charge is 2.08. The maximum absolute atomic E-state index is 8.93. The van der Waals surface area contributed by atoms with Gasteiger partial charge in [-0.3, -0.25) is 0 Å². The number of aromatic nitrogens is 3. The van der Waals surface area contributed by atoms with Gasteiger partial charge in [-0.25, -0.2) is 0 Å². The first-order valence-corrected chi connectivity index (χ1v) is 4.47. The quantitative estimate of drug-likeness (QED) is 0.714. The molecule has 1 aromatic carbocycles. The molecule has 6 nitrogen and oxygen atoms in total. The molecule has 0 saturated carbocycles. The third kappa shape index (κ3) is 1.74. The molecular formula is C10H8N6. The topological polar surface area (TPSA) is 114 Å². The van der Waals surface area contributed by atoms with Gasteiger partial charge in [-0.05, 0) is 12.1 Å². The van der Waals surface area contributed by atoms with Crippen molar-refractivity contribution in [3.63, 3.8) is 0 Å². The van der Waals surface area contributed by atoms with Crippen LogP contribution in [0.3, 0.4) is 0 Å².